The summed E-state index contributed by atoms with van der Waals surface area (Å²) in [7, 11) is 1.30. The van der Waals surface area contributed by atoms with E-state index in [4.69, 9.17) is 4.74 Å². The molecule has 0 saturated heterocycles. The van der Waals surface area contributed by atoms with E-state index in [-0.39, 0.29) is 12.5 Å². The van der Waals surface area contributed by atoms with Crippen LogP contribution in [0.5, 0.6) is 5.75 Å². The van der Waals surface area contributed by atoms with Crippen LogP contribution in [-0.4, -0.2) is 25.6 Å². The first kappa shape index (κ1) is 16.0. The molecule has 1 aromatic heterocycles. The van der Waals surface area contributed by atoms with Crippen molar-refractivity contribution in [2.45, 2.75) is 0 Å². The number of benzene rings is 2. The fourth-order valence-corrected chi connectivity index (χ4v) is 3.10. The van der Waals surface area contributed by atoms with Gasteiger partial charge >= 0.3 is 5.97 Å². The van der Waals surface area contributed by atoms with Gasteiger partial charge < -0.3 is 14.8 Å². The lowest BCUT2D eigenvalue weighted by Gasteiger charge is -2.09. The first-order chi connectivity index (χ1) is 11.7. The Labute approximate surface area is 142 Å². The fourth-order valence-electron chi connectivity index (χ4n) is 2.30. The SMILES string of the molecule is COC(=O)c1ccsc1NC(=O)COc1cccc2ccccc12. The third-order valence-electron chi connectivity index (χ3n) is 3.43. The van der Waals surface area contributed by atoms with Gasteiger partial charge in [0.05, 0.1) is 12.7 Å². The molecule has 24 heavy (non-hydrogen) atoms. The van der Waals surface area contributed by atoms with Gasteiger partial charge in [-0.15, -0.1) is 11.3 Å². The minimum Gasteiger partial charge on any atom is -0.483 e. The predicted octanol–water partition coefficient (Wildman–Crippen LogP) is 3.71. The number of carbonyl (C=O) groups excluding carboxylic acids is 2. The van der Waals surface area contributed by atoms with Crippen molar-refractivity contribution in [2.24, 2.45) is 0 Å². The molecule has 0 unspecified atom stereocenters. The lowest BCUT2D eigenvalue weighted by Crippen LogP contribution is -2.20. The van der Waals surface area contributed by atoms with Gasteiger partial charge in [0.1, 0.15) is 10.8 Å². The molecule has 0 saturated carbocycles. The van der Waals surface area contributed by atoms with Crippen LogP contribution in [0.2, 0.25) is 0 Å². The van der Waals surface area contributed by atoms with E-state index < -0.39 is 5.97 Å². The van der Waals surface area contributed by atoms with Crippen LogP contribution < -0.4 is 10.1 Å². The normalized spacial score (nSPS) is 10.4. The van der Waals surface area contributed by atoms with Crippen LogP contribution in [0.4, 0.5) is 5.00 Å². The Hall–Kier alpha value is -2.86. The maximum Gasteiger partial charge on any atom is 0.340 e. The molecule has 0 aliphatic rings. The van der Waals surface area contributed by atoms with Crippen molar-refractivity contribution < 1.29 is 19.1 Å². The van der Waals surface area contributed by atoms with E-state index in [1.165, 1.54) is 18.4 Å². The van der Waals surface area contributed by atoms with Gasteiger partial charge in [-0.25, -0.2) is 4.79 Å². The monoisotopic (exact) mass is 341 g/mol. The number of nitrogens with one attached hydrogen (secondary N) is 1. The van der Waals surface area contributed by atoms with Crippen LogP contribution in [-0.2, 0) is 9.53 Å². The molecule has 5 nitrogen and oxygen atoms in total. The summed E-state index contributed by atoms with van der Waals surface area (Å²) in [6.07, 6.45) is 0. The predicted molar refractivity (Wildman–Crippen MR) is 93.7 cm³/mol. The van der Waals surface area contributed by atoms with Crippen molar-refractivity contribution in [3.63, 3.8) is 0 Å². The molecule has 3 aromatic rings. The molecule has 1 heterocycles. The zero-order chi connectivity index (χ0) is 16.9. The third kappa shape index (κ3) is 3.38. The highest BCUT2D eigenvalue weighted by Crippen LogP contribution is 2.26. The summed E-state index contributed by atoms with van der Waals surface area (Å²) in [5, 5.41) is 6.83. The van der Waals surface area contributed by atoms with Crippen molar-refractivity contribution in [2.75, 3.05) is 19.0 Å². The van der Waals surface area contributed by atoms with Gasteiger partial charge in [0, 0.05) is 5.39 Å². The molecule has 0 aliphatic carbocycles. The Kier molecular flexibility index (Phi) is 4.77. The van der Waals surface area contributed by atoms with Gasteiger partial charge in [0.2, 0.25) is 0 Å². The quantitative estimate of drug-likeness (QED) is 0.719. The summed E-state index contributed by atoms with van der Waals surface area (Å²) in [5.41, 5.74) is 0.334. The summed E-state index contributed by atoms with van der Waals surface area (Å²) in [6.45, 7) is -0.146. The number of methoxy groups -OCH3 is 1. The van der Waals surface area contributed by atoms with Gasteiger partial charge in [-0.05, 0) is 22.9 Å². The first-order valence-electron chi connectivity index (χ1n) is 7.25. The number of fused-ring (bicyclic) bond motifs is 1. The van der Waals surface area contributed by atoms with Gasteiger partial charge in [-0.2, -0.15) is 0 Å². The molecule has 3 rings (SSSR count). The molecule has 0 radical (unpaired) electrons. The zero-order valence-corrected chi connectivity index (χ0v) is 13.8. The number of anilines is 1. The number of amides is 1. The molecular weight excluding hydrogens is 326 g/mol. The average molecular weight is 341 g/mol. The van der Waals surface area contributed by atoms with Gasteiger partial charge in [0.25, 0.3) is 5.91 Å². The average Bonchev–Trinajstić information content (AvgIpc) is 3.07. The highest BCUT2D eigenvalue weighted by Gasteiger charge is 2.15. The van der Waals surface area contributed by atoms with E-state index in [0.717, 1.165) is 10.8 Å². The van der Waals surface area contributed by atoms with E-state index in [1.807, 2.05) is 42.5 Å². The van der Waals surface area contributed by atoms with E-state index in [9.17, 15) is 9.59 Å². The van der Waals surface area contributed by atoms with E-state index in [1.54, 1.807) is 11.4 Å². The third-order valence-corrected chi connectivity index (χ3v) is 4.26. The molecule has 2 aromatic carbocycles. The summed E-state index contributed by atoms with van der Waals surface area (Å²) in [6, 6.07) is 15.1. The minimum atomic E-state index is -0.485. The van der Waals surface area contributed by atoms with Gasteiger partial charge in [-0.1, -0.05) is 36.4 Å². The highest BCUT2D eigenvalue weighted by molar-refractivity contribution is 7.14. The number of hydrogen-bond donors (Lipinski definition) is 1. The summed E-state index contributed by atoms with van der Waals surface area (Å²) in [4.78, 5) is 23.7. The Morgan fingerprint density at radius 1 is 1.08 bits per heavy atom. The van der Waals surface area contributed by atoms with Crippen LogP contribution >= 0.6 is 11.3 Å². The molecule has 0 aliphatic heterocycles. The molecule has 0 bridgehead atoms. The Bertz CT molecular complexity index is 882. The zero-order valence-electron chi connectivity index (χ0n) is 12.9. The van der Waals surface area contributed by atoms with E-state index in [0.29, 0.717) is 16.3 Å². The lowest BCUT2D eigenvalue weighted by atomic mass is 10.1. The van der Waals surface area contributed by atoms with Crippen molar-refractivity contribution in [1.29, 1.82) is 0 Å². The van der Waals surface area contributed by atoms with E-state index >= 15 is 0 Å². The van der Waals surface area contributed by atoms with Crippen LogP contribution in [0.1, 0.15) is 10.4 Å². The van der Waals surface area contributed by atoms with Crippen molar-refractivity contribution >= 4 is 39.0 Å². The number of hydrogen-bond acceptors (Lipinski definition) is 5. The summed E-state index contributed by atoms with van der Waals surface area (Å²) < 4.78 is 10.3. The van der Waals surface area contributed by atoms with Gasteiger partial charge in [0.15, 0.2) is 6.61 Å². The molecule has 1 N–H and O–H groups in total. The number of thiophene rings is 1. The van der Waals surface area contributed by atoms with Crippen molar-refractivity contribution in [3.8, 4) is 5.75 Å². The first-order valence-corrected chi connectivity index (χ1v) is 8.13. The molecular formula is C18H15NO4S. The second-order valence-electron chi connectivity index (χ2n) is 4.97. The van der Waals surface area contributed by atoms with Gasteiger partial charge in [-0.3, -0.25) is 4.79 Å². The Balaban J connectivity index is 1.68. The van der Waals surface area contributed by atoms with Crippen molar-refractivity contribution in [1.82, 2.24) is 0 Å². The van der Waals surface area contributed by atoms with Crippen LogP contribution in [0.25, 0.3) is 10.8 Å². The maximum atomic E-state index is 12.1. The van der Waals surface area contributed by atoms with Crippen molar-refractivity contribution in [3.05, 3.63) is 59.5 Å². The number of carbonyl (C=O) groups is 2. The summed E-state index contributed by atoms with van der Waals surface area (Å²) >= 11 is 1.26. The largest absolute Gasteiger partial charge is 0.483 e. The van der Waals surface area contributed by atoms with Crippen LogP contribution in [0.3, 0.4) is 0 Å². The number of rotatable bonds is 5. The van der Waals surface area contributed by atoms with Crippen LogP contribution in [0.15, 0.2) is 53.9 Å². The second kappa shape index (κ2) is 7.14. The topological polar surface area (TPSA) is 64.6 Å². The highest BCUT2D eigenvalue weighted by atomic mass is 32.1. The Morgan fingerprint density at radius 3 is 2.71 bits per heavy atom. The Morgan fingerprint density at radius 2 is 1.88 bits per heavy atom. The number of ether oxygens (including phenoxy) is 2. The minimum absolute atomic E-state index is 0.146. The standard InChI is InChI=1S/C18H15NO4S/c1-22-18(21)14-9-10-24-17(14)19-16(20)11-23-15-8-4-6-12-5-2-3-7-13(12)15/h2-10H,11H2,1H3,(H,19,20). The molecule has 0 spiro atoms. The van der Waals surface area contributed by atoms with Crippen LogP contribution in [0, 0.1) is 0 Å². The lowest BCUT2D eigenvalue weighted by molar-refractivity contribution is -0.118. The maximum absolute atomic E-state index is 12.1. The fraction of sp³-hybridized carbons (Fsp3) is 0.111. The molecule has 6 heteroatoms. The van der Waals surface area contributed by atoms with E-state index in [2.05, 4.69) is 10.1 Å². The molecule has 122 valence electrons. The smallest absolute Gasteiger partial charge is 0.340 e. The molecule has 1 amide bonds. The second-order valence-corrected chi connectivity index (χ2v) is 5.89. The molecule has 0 fully saturated rings. The molecule has 0 atom stereocenters. The summed E-state index contributed by atoms with van der Waals surface area (Å²) in [5.74, 6) is -0.181. The number of esters is 1.